The number of rotatable bonds is 4. The van der Waals surface area contributed by atoms with Crippen LogP contribution in [-0.2, 0) is 4.79 Å². The second-order valence-corrected chi connectivity index (χ2v) is 3.75. The van der Waals surface area contributed by atoms with Gasteiger partial charge in [0.2, 0.25) is 5.91 Å². The van der Waals surface area contributed by atoms with Gasteiger partial charge in [0.25, 0.3) is 0 Å². The third-order valence-corrected chi connectivity index (χ3v) is 2.45. The molecule has 1 aromatic carbocycles. The fourth-order valence-electron chi connectivity index (χ4n) is 1.72. The second kappa shape index (κ2) is 5.39. The smallest absolute Gasteiger partial charge is 0.218 e. The highest BCUT2D eigenvalue weighted by atomic mass is 16.1. The number of amides is 1. The lowest BCUT2D eigenvalue weighted by molar-refractivity contribution is -0.119. The Hall–Kier alpha value is -1.71. The molecule has 0 heterocycles. The van der Waals surface area contributed by atoms with Gasteiger partial charge in [-0.3, -0.25) is 4.79 Å². The Balaban J connectivity index is 2.81. The molecule has 0 spiro atoms. The summed E-state index contributed by atoms with van der Waals surface area (Å²) in [6.45, 7) is 6.36. The van der Waals surface area contributed by atoms with Crippen LogP contribution in [0, 0.1) is 0 Å². The molecule has 4 heteroatoms. The standard InChI is InChI=1S/C12H19N3O/c1-4-15(9(2)14-10(3)16)12-7-5-11(13)6-8-12/h5-9H,4,13H2,1-3H3,(H,14,16). The van der Waals surface area contributed by atoms with Crippen LogP contribution < -0.4 is 16.0 Å². The van der Waals surface area contributed by atoms with E-state index in [1.165, 1.54) is 6.92 Å². The SMILES string of the molecule is CCN(c1ccc(N)cc1)C(C)NC(C)=O. The van der Waals surface area contributed by atoms with Crippen molar-refractivity contribution < 1.29 is 4.79 Å². The van der Waals surface area contributed by atoms with Crippen LogP contribution in [0.15, 0.2) is 24.3 Å². The van der Waals surface area contributed by atoms with Crippen molar-refractivity contribution in [3.05, 3.63) is 24.3 Å². The van der Waals surface area contributed by atoms with Crippen LogP contribution in [0.2, 0.25) is 0 Å². The number of nitrogens with two attached hydrogens (primary N) is 1. The van der Waals surface area contributed by atoms with Crippen molar-refractivity contribution >= 4 is 17.3 Å². The normalized spacial score (nSPS) is 11.9. The summed E-state index contributed by atoms with van der Waals surface area (Å²) in [4.78, 5) is 13.1. The molecule has 0 bridgehead atoms. The Bertz CT molecular complexity index is 348. The molecule has 0 aliphatic rings. The molecule has 0 fully saturated rings. The molecule has 16 heavy (non-hydrogen) atoms. The summed E-state index contributed by atoms with van der Waals surface area (Å²) in [5.74, 6) is -0.0265. The Morgan fingerprint density at radius 1 is 1.44 bits per heavy atom. The lowest BCUT2D eigenvalue weighted by atomic mass is 10.2. The predicted octanol–water partition coefficient (Wildman–Crippen LogP) is 1.58. The molecule has 88 valence electrons. The highest BCUT2D eigenvalue weighted by Gasteiger charge is 2.12. The quantitative estimate of drug-likeness (QED) is 0.599. The van der Waals surface area contributed by atoms with E-state index in [-0.39, 0.29) is 12.1 Å². The summed E-state index contributed by atoms with van der Waals surface area (Å²) in [5.41, 5.74) is 7.43. The summed E-state index contributed by atoms with van der Waals surface area (Å²) >= 11 is 0. The van der Waals surface area contributed by atoms with E-state index in [1.807, 2.05) is 31.2 Å². The Morgan fingerprint density at radius 3 is 2.44 bits per heavy atom. The molecule has 1 rings (SSSR count). The third-order valence-electron chi connectivity index (χ3n) is 2.45. The molecule has 0 aliphatic carbocycles. The molecule has 1 unspecified atom stereocenters. The average Bonchev–Trinajstić information content (AvgIpc) is 2.21. The van der Waals surface area contributed by atoms with E-state index in [1.54, 1.807) is 0 Å². The number of nitrogen functional groups attached to an aromatic ring is 1. The summed E-state index contributed by atoms with van der Waals surface area (Å²) < 4.78 is 0. The molecule has 3 N–H and O–H groups in total. The molecular weight excluding hydrogens is 202 g/mol. The van der Waals surface area contributed by atoms with Crippen LogP contribution in [0.25, 0.3) is 0 Å². The van der Waals surface area contributed by atoms with E-state index in [9.17, 15) is 4.79 Å². The number of anilines is 2. The largest absolute Gasteiger partial charge is 0.399 e. The fourth-order valence-corrected chi connectivity index (χ4v) is 1.72. The topological polar surface area (TPSA) is 58.4 Å². The van der Waals surface area contributed by atoms with Crippen molar-refractivity contribution in [2.24, 2.45) is 0 Å². The van der Waals surface area contributed by atoms with Gasteiger partial charge < -0.3 is 16.0 Å². The van der Waals surface area contributed by atoms with Crippen LogP contribution in [-0.4, -0.2) is 18.6 Å². The van der Waals surface area contributed by atoms with E-state index < -0.39 is 0 Å². The lowest BCUT2D eigenvalue weighted by Crippen LogP contribution is -2.45. The molecule has 0 saturated carbocycles. The van der Waals surface area contributed by atoms with Gasteiger partial charge in [-0.2, -0.15) is 0 Å². The van der Waals surface area contributed by atoms with E-state index in [0.717, 1.165) is 17.9 Å². The molecule has 1 atom stereocenters. The van der Waals surface area contributed by atoms with Crippen LogP contribution in [0.4, 0.5) is 11.4 Å². The molecule has 1 amide bonds. The van der Waals surface area contributed by atoms with Crippen LogP contribution >= 0.6 is 0 Å². The Morgan fingerprint density at radius 2 is 2.00 bits per heavy atom. The third kappa shape index (κ3) is 3.15. The summed E-state index contributed by atoms with van der Waals surface area (Å²) in [7, 11) is 0. The van der Waals surface area contributed by atoms with Crippen LogP contribution in [0.1, 0.15) is 20.8 Å². The zero-order valence-electron chi connectivity index (χ0n) is 10.0. The Kier molecular flexibility index (Phi) is 4.17. The number of nitrogens with zero attached hydrogens (tertiary/aromatic N) is 1. The number of hydrogen-bond acceptors (Lipinski definition) is 3. The monoisotopic (exact) mass is 221 g/mol. The van der Waals surface area contributed by atoms with Crippen molar-refractivity contribution in [1.82, 2.24) is 5.32 Å². The second-order valence-electron chi connectivity index (χ2n) is 3.75. The van der Waals surface area contributed by atoms with E-state index in [0.29, 0.717) is 0 Å². The minimum atomic E-state index is -0.0265. The fraction of sp³-hybridized carbons (Fsp3) is 0.417. The first-order valence-electron chi connectivity index (χ1n) is 5.44. The minimum absolute atomic E-state index is 0.0221. The van der Waals surface area contributed by atoms with Crippen LogP contribution in [0.5, 0.6) is 0 Å². The van der Waals surface area contributed by atoms with Gasteiger partial charge in [0.1, 0.15) is 0 Å². The summed E-state index contributed by atoms with van der Waals surface area (Å²) in [5, 5.41) is 2.86. The van der Waals surface area contributed by atoms with Gasteiger partial charge in [0.15, 0.2) is 0 Å². The van der Waals surface area contributed by atoms with E-state index in [2.05, 4.69) is 17.1 Å². The van der Waals surface area contributed by atoms with Gasteiger partial charge in [-0.15, -0.1) is 0 Å². The maximum absolute atomic E-state index is 11.0. The summed E-state index contributed by atoms with van der Waals surface area (Å²) in [6.07, 6.45) is -0.0221. The molecule has 4 nitrogen and oxygen atoms in total. The molecule has 0 radical (unpaired) electrons. The maximum atomic E-state index is 11.0. The molecule has 0 saturated heterocycles. The zero-order chi connectivity index (χ0) is 12.1. The van der Waals surface area contributed by atoms with Crippen molar-refractivity contribution in [3.63, 3.8) is 0 Å². The van der Waals surface area contributed by atoms with E-state index in [4.69, 9.17) is 5.73 Å². The highest BCUT2D eigenvalue weighted by molar-refractivity contribution is 5.73. The van der Waals surface area contributed by atoms with Gasteiger partial charge >= 0.3 is 0 Å². The molecule has 0 aromatic heterocycles. The zero-order valence-corrected chi connectivity index (χ0v) is 10.0. The number of carbonyl (C=O) groups excluding carboxylic acids is 1. The van der Waals surface area contributed by atoms with Gasteiger partial charge in [0, 0.05) is 24.8 Å². The van der Waals surface area contributed by atoms with Gasteiger partial charge in [-0.1, -0.05) is 0 Å². The maximum Gasteiger partial charge on any atom is 0.218 e. The van der Waals surface area contributed by atoms with E-state index >= 15 is 0 Å². The number of nitrogens with one attached hydrogen (secondary N) is 1. The number of hydrogen-bond donors (Lipinski definition) is 2. The average molecular weight is 221 g/mol. The molecular formula is C12H19N3O. The Labute approximate surface area is 96.4 Å². The van der Waals surface area contributed by atoms with Gasteiger partial charge in [-0.05, 0) is 38.1 Å². The van der Waals surface area contributed by atoms with Crippen molar-refractivity contribution in [3.8, 4) is 0 Å². The predicted molar refractivity (Wildman–Crippen MR) is 67.2 cm³/mol. The first-order chi connectivity index (χ1) is 7.54. The van der Waals surface area contributed by atoms with Gasteiger partial charge in [-0.25, -0.2) is 0 Å². The summed E-state index contributed by atoms with van der Waals surface area (Å²) in [6, 6.07) is 7.63. The van der Waals surface area contributed by atoms with Crippen LogP contribution in [0.3, 0.4) is 0 Å². The molecule has 0 aliphatic heterocycles. The minimum Gasteiger partial charge on any atom is -0.399 e. The highest BCUT2D eigenvalue weighted by Crippen LogP contribution is 2.17. The number of benzene rings is 1. The van der Waals surface area contributed by atoms with Crippen molar-refractivity contribution in [1.29, 1.82) is 0 Å². The van der Waals surface area contributed by atoms with Crippen molar-refractivity contribution in [2.45, 2.75) is 26.9 Å². The first-order valence-corrected chi connectivity index (χ1v) is 5.44. The van der Waals surface area contributed by atoms with Crippen molar-refractivity contribution in [2.75, 3.05) is 17.2 Å². The molecule has 1 aromatic rings. The number of carbonyl (C=O) groups is 1. The lowest BCUT2D eigenvalue weighted by Gasteiger charge is -2.30. The van der Waals surface area contributed by atoms with Gasteiger partial charge in [0.05, 0.1) is 6.17 Å². The first kappa shape index (κ1) is 12.4.